The Hall–Kier alpha value is -2.89. The number of hydrogen-bond acceptors (Lipinski definition) is 3. The largest absolute Gasteiger partial charge is 0.496 e. The molecule has 1 heterocycles. The molecular formula is C16H14FN3O2. The van der Waals surface area contributed by atoms with Gasteiger partial charge in [-0.15, -0.1) is 0 Å². The Kier molecular flexibility index (Phi) is 3.74. The van der Waals surface area contributed by atoms with Crippen LogP contribution in [0.4, 0.5) is 4.39 Å². The van der Waals surface area contributed by atoms with Gasteiger partial charge in [0.25, 0.3) is 5.91 Å². The standard InChI is InChI=1S/C16H14FN3O2/c1-22-14-7-6-10(17)8-11(14)16(21)18-9-15-19-12-4-2-3-5-13(12)20-15/h2-8H,9H2,1H3,(H,18,21)(H,19,20). The Morgan fingerprint density at radius 2 is 2.14 bits per heavy atom. The van der Waals surface area contributed by atoms with Crippen molar-refractivity contribution in [1.82, 2.24) is 15.3 Å². The number of carbonyl (C=O) groups is 1. The number of rotatable bonds is 4. The van der Waals surface area contributed by atoms with Gasteiger partial charge in [-0.1, -0.05) is 12.1 Å². The van der Waals surface area contributed by atoms with Crippen LogP contribution >= 0.6 is 0 Å². The first kappa shape index (κ1) is 14.1. The number of methoxy groups -OCH3 is 1. The smallest absolute Gasteiger partial charge is 0.255 e. The minimum absolute atomic E-state index is 0.151. The fourth-order valence-corrected chi connectivity index (χ4v) is 2.21. The third-order valence-corrected chi connectivity index (χ3v) is 3.26. The van der Waals surface area contributed by atoms with Crippen molar-refractivity contribution in [2.75, 3.05) is 7.11 Å². The zero-order valence-corrected chi connectivity index (χ0v) is 11.9. The van der Waals surface area contributed by atoms with E-state index in [4.69, 9.17) is 4.74 Å². The predicted octanol–water partition coefficient (Wildman–Crippen LogP) is 2.64. The summed E-state index contributed by atoms with van der Waals surface area (Å²) in [6.07, 6.45) is 0. The van der Waals surface area contributed by atoms with Crippen molar-refractivity contribution in [3.63, 3.8) is 0 Å². The summed E-state index contributed by atoms with van der Waals surface area (Å²) in [7, 11) is 1.43. The molecule has 0 fully saturated rings. The van der Waals surface area contributed by atoms with Crippen molar-refractivity contribution in [3.8, 4) is 5.75 Å². The van der Waals surface area contributed by atoms with E-state index in [1.165, 1.54) is 19.2 Å². The molecule has 22 heavy (non-hydrogen) atoms. The van der Waals surface area contributed by atoms with Crippen LogP contribution in [0.3, 0.4) is 0 Å². The summed E-state index contributed by atoms with van der Waals surface area (Å²) in [4.78, 5) is 19.6. The number of H-pyrrole nitrogens is 1. The summed E-state index contributed by atoms with van der Waals surface area (Å²) in [6.45, 7) is 0.215. The van der Waals surface area contributed by atoms with Crippen molar-refractivity contribution in [2.45, 2.75) is 6.54 Å². The van der Waals surface area contributed by atoms with E-state index in [1.807, 2.05) is 24.3 Å². The molecule has 0 atom stereocenters. The maximum absolute atomic E-state index is 13.3. The molecule has 0 spiro atoms. The predicted molar refractivity (Wildman–Crippen MR) is 80.2 cm³/mol. The van der Waals surface area contributed by atoms with E-state index in [0.717, 1.165) is 17.1 Å². The normalized spacial score (nSPS) is 10.6. The number of fused-ring (bicyclic) bond motifs is 1. The van der Waals surface area contributed by atoms with Crippen molar-refractivity contribution in [3.05, 3.63) is 59.7 Å². The number of halogens is 1. The van der Waals surface area contributed by atoms with Crippen LogP contribution < -0.4 is 10.1 Å². The van der Waals surface area contributed by atoms with E-state index in [1.54, 1.807) is 0 Å². The van der Waals surface area contributed by atoms with Gasteiger partial charge in [0.2, 0.25) is 0 Å². The maximum Gasteiger partial charge on any atom is 0.255 e. The molecule has 1 aromatic heterocycles. The van der Waals surface area contributed by atoms with Crippen molar-refractivity contribution < 1.29 is 13.9 Å². The van der Waals surface area contributed by atoms with E-state index >= 15 is 0 Å². The summed E-state index contributed by atoms with van der Waals surface area (Å²) >= 11 is 0. The number of benzene rings is 2. The first-order valence-electron chi connectivity index (χ1n) is 6.73. The van der Waals surface area contributed by atoms with E-state index in [-0.39, 0.29) is 12.1 Å². The lowest BCUT2D eigenvalue weighted by atomic mass is 10.2. The molecule has 0 saturated heterocycles. The second-order valence-corrected chi connectivity index (χ2v) is 4.73. The molecule has 2 aromatic carbocycles. The second-order valence-electron chi connectivity index (χ2n) is 4.73. The topological polar surface area (TPSA) is 67.0 Å². The van der Waals surface area contributed by atoms with Gasteiger partial charge in [0.1, 0.15) is 17.4 Å². The number of nitrogens with one attached hydrogen (secondary N) is 2. The summed E-state index contributed by atoms with van der Waals surface area (Å²) in [5.74, 6) is 0.0416. The Bertz CT molecular complexity index is 796. The molecule has 3 rings (SSSR count). The number of ether oxygens (including phenoxy) is 1. The summed E-state index contributed by atoms with van der Waals surface area (Å²) in [5.41, 5.74) is 1.88. The first-order valence-corrected chi connectivity index (χ1v) is 6.73. The lowest BCUT2D eigenvalue weighted by molar-refractivity contribution is 0.0946. The SMILES string of the molecule is COc1ccc(F)cc1C(=O)NCc1nc2ccccc2[nH]1. The van der Waals surface area contributed by atoms with Gasteiger partial charge in [0.05, 0.1) is 30.3 Å². The van der Waals surface area contributed by atoms with Gasteiger partial charge in [-0.05, 0) is 30.3 Å². The van der Waals surface area contributed by atoms with Crippen LogP contribution in [0.5, 0.6) is 5.75 Å². The van der Waals surface area contributed by atoms with Crippen LogP contribution in [0.2, 0.25) is 0 Å². The van der Waals surface area contributed by atoms with Gasteiger partial charge in [0, 0.05) is 0 Å². The number of carbonyl (C=O) groups excluding carboxylic acids is 1. The number of imidazole rings is 1. The third kappa shape index (κ3) is 2.76. The zero-order chi connectivity index (χ0) is 15.5. The molecule has 0 saturated carbocycles. The highest BCUT2D eigenvalue weighted by Gasteiger charge is 2.13. The monoisotopic (exact) mass is 299 g/mol. The van der Waals surface area contributed by atoms with Gasteiger partial charge < -0.3 is 15.0 Å². The highest BCUT2D eigenvalue weighted by Crippen LogP contribution is 2.19. The Balaban J connectivity index is 1.76. The maximum atomic E-state index is 13.3. The van der Waals surface area contributed by atoms with Crippen molar-refractivity contribution in [2.24, 2.45) is 0 Å². The fraction of sp³-hybridized carbons (Fsp3) is 0.125. The average molecular weight is 299 g/mol. The molecule has 112 valence electrons. The zero-order valence-electron chi connectivity index (χ0n) is 11.9. The van der Waals surface area contributed by atoms with Gasteiger partial charge in [-0.3, -0.25) is 4.79 Å². The van der Waals surface area contributed by atoms with Crippen LogP contribution in [0.15, 0.2) is 42.5 Å². The lowest BCUT2D eigenvalue weighted by Gasteiger charge is -2.08. The summed E-state index contributed by atoms with van der Waals surface area (Å²) < 4.78 is 18.4. The molecule has 3 aromatic rings. The number of amides is 1. The van der Waals surface area contributed by atoms with Crippen molar-refractivity contribution >= 4 is 16.9 Å². The van der Waals surface area contributed by atoms with Gasteiger partial charge in [0.15, 0.2) is 0 Å². The number of aromatic amines is 1. The molecule has 0 bridgehead atoms. The molecule has 6 heteroatoms. The minimum atomic E-state index is -0.491. The van der Waals surface area contributed by atoms with Crippen LogP contribution in [-0.4, -0.2) is 23.0 Å². The fourth-order valence-electron chi connectivity index (χ4n) is 2.21. The number of hydrogen-bond donors (Lipinski definition) is 2. The molecule has 0 aliphatic carbocycles. The molecule has 1 amide bonds. The van der Waals surface area contributed by atoms with Crippen LogP contribution in [-0.2, 0) is 6.54 Å². The van der Waals surface area contributed by atoms with E-state index in [2.05, 4.69) is 15.3 Å². The number of aromatic nitrogens is 2. The third-order valence-electron chi connectivity index (χ3n) is 3.26. The van der Waals surface area contributed by atoms with Crippen molar-refractivity contribution in [1.29, 1.82) is 0 Å². The quantitative estimate of drug-likeness (QED) is 0.778. The number of nitrogens with zero attached hydrogens (tertiary/aromatic N) is 1. The molecule has 0 aliphatic heterocycles. The lowest BCUT2D eigenvalue weighted by Crippen LogP contribution is -2.24. The Morgan fingerprint density at radius 3 is 2.91 bits per heavy atom. The molecule has 0 aliphatic rings. The Labute approximate surface area is 126 Å². The highest BCUT2D eigenvalue weighted by atomic mass is 19.1. The van der Waals surface area contributed by atoms with E-state index in [9.17, 15) is 9.18 Å². The summed E-state index contributed by atoms with van der Waals surface area (Å²) in [6, 6.07) is 11.4. The second kappa shape index (κ2) is 5.85. The molecule has 5 nitrogen and oxygen atoms in total. The Morgan fingerprint density at radius 1 is 1.32 bits per heavy atom. The molecule has 0 unspecified atom stereocenters. The van der Waals surface area contributed by atoms with E-state index < -0.39 is 11.7 Å². The van der Waals surface area contributed by atoms with Gasteiger partial charge >= 0.3 is 0 Å². The minimum Gasteiger partial charge on any atom is -0.496 e. The van der Waals surface area contributed by atoms with Crippen LogP contribution in [0, 0.1) is 5.82 Å². The average Bonchev–Trinajstić information content (AvgIpc) is 2.95. The summed E-state index contributed by atoms with van der Waals surface area (Å²) in [5, 5.41) is 2.70. The van der Waals surface area contributed by atoms with Crippen LogP contribution in [0.25, 0.3) is 11.0 Å². The molecule has 0 radical (unpaired) electrons. The molecular weight excluding hydrogens is 285 g/mol. The van der Waals surface area contributed by atoms with Gasteiger partial charge in [-0.2, -0.15) is 0 Å². The number of para-hydroxylation sites is 2. The first-order chi connectivity index (χ1) is 10.7. The van der Waals surface area contributed by atoms with Crippen LogP contribution in [0.1, 0.15) is 16.2 Å². The van der Waals surface area contributed by atoms with Gasteiger partial charge in [-0.25, -0.2) is 9.37 Å². The molecule has 2 N–H and O–H groups in total. The highest BCUT2D eigenvalue weighted by molar-refractivity contribution is 5.96. The van der Waals surface area contributed by atoms with E-state index in [0.29, 0.717) is 11.6 Å².